The van der Waals surface area contributed by atoms with Crippen LogP contribution in [0.1, 0.15) is 33.6 Å². The average molecular weight is 402 g/mol. The Hall–Kier alpha value is -2.07. The normalized spacial score (nSPS) is 16.2. The molecular formula is C17H27FN4O4S. The van der Waals surface area contributed by atoms with Crippen LogP contribution in [0.15, 0.2) is 18.2 Å². The lowest BCUT2D eigenvalue weighted by Gasteiger charge is -2.34. The van der Waals surface area contributed by atoms with Crippen LogP contribution in [0.3, 0.4) is 0 Å². The van der Waals surface area contributed by atoms with Crippen molar-refractivity contribution in [3.8, 4) is 0 Å². The zero-order chi connectivity index (χ0) is 20.2. The summed E-state index contributed by atoms with van der Waals surface area (Å²) in [6.07, 6.45) is 0.467. The predicted octanol–water partition coefficient (Wildman–Crippen LogP) is 1.98. The lowest BCUT2D eigenvalue weighted by atomic mass is 9.96. The number of nitrogen functional groups attached to an aromatic ring is 1. The van der Waals surface area contributed by atoms with E-state index in [4.69, 9.17) is 10.5 Å². The topological polar surface area (TPSA) is 114 Å². The van der Waals surface area contributed by atoms with Crippen molar-refractivity contribution in [1.82, 2.24) is 9.44 Å². The standard InChI is InChI=1S/C17H27FN4O4S/c1-17(2,3)26-16(23)21-27(24,25)20-11-12-6-8-22(9-7-12)15-5-4-13(18)10-14(15)19/h4-5,10,12,20H,6-9,11,19H2,1-3H3,(H,21,23). The number of nitrogens with one attached hydrogen (secondary N) is 2. The van der Waals surface area contributed by atoms with Crippen LogP contribution in [0.5, 0.6) is 0 Å². The molecule has 1 aliphatic rings. The van der Waals surface area contributed by atoms with E-state index in [2.05, 4.69) is 9.62 Å². The summed E-state index contributed by atoms with van der Waals surface area (Å²) in [6.45, 7) is 6.52. The summed E-state index contributed by atoms with van der Waals surface area (Å²) >= 11 is 0. The van der Waals surface area contributed by atoms with Crippen LogP contribution in [0, 0.1) is 11.7 Å². The molecule has 27 heavy (non-hydrogen) atoms. The van der Waals surface area contributed by atoms with Crippen molar-refractivity contribution in [2.45, 2.75) is 39.2 Å². The highest BCUT2D eigenvalue weighted by atomic mass is 32.2. The largest absolute Gasteiger partial charge is 0.443 e. The third kappa shape index (κ3) is 6.87. The lowest BCUT2D eigenvalue weighted by molar-refractivity contribution is 0.0569. The number of piperidine rings is 1. The number of carbonyl (C=O) groups excluding carboxylic acids is 1. The van der Waals surface area contributed by atoms with Gasteiger partial charge in [-0.15, -0.1) is 0 Å². The summed E-state index contributed by atoms with van der Waals surface area (Å²) in [6, 6.07) is 4.31. The first-order chi connectivity index (χ1) is 12.5. The van der Waals surface area contributed by atoms with Crippen LogP contribution >= 0.6 is 0 Å². The van der Waals surface area contributed by atoms with Crippen LogP contribution in [-0.2, 0) is 14.9 Å². The van der Waals surface area contributed by atoms with Gasteiger partial charge in [-0.25, -0.2) is 13.9 Å². The van der Waals surface area contributed by atoms with Gasteiger partial charge in [-0.3, -0.25) is 0 Å². The van der Waals surface area contributed by atoms with Gasteiger partial charge >= 0.3 is 16.3 Å². The van der Waals surface area contributed by atoms with E-state index in [1.807, 2.05) is 4.72 Å². The van der Waals surface area contributed by atoms with Gasteiger partial charge in [0.2, 0.25) is 0 Å². The number of carbonyl (C=O) groups is 1. The second kappa shape index (κ2) is 8.30. The molecule has 1 amide bonds. The second-order valence-electron chi connectivity index (χ2n) is 7.59. The van der Waals surface area contributed by atoms with Crippen LogP contribution < -0.4 is 20.1 Å². The van der Waals surface area contributed by atoms with Gasteiger partial charge in [-0.2, -0.15) is 13.1 Å². The maximum atomic E-state index is 13.2. The minimum atomic E-state index is -3.98. The van der Waals surface area contributed by atoms with E-state index >= 15 is 0 Å². The van der Waals surface area contributed by atoms with Gasteiger partial charge in [-0.1, -0.05) is 0 Å². The monoisotopic (exact) mass is 402 g/mol. The van der Waals surface area contributed by atoms with Gasteiger partial charge in [0.25, 0.3) is 0 Å². The number of ether oxygens (including phenoxy) is 1. The molecule has 0 saturated carbocycles. The molecule has 0 bridgehead atoms. The molecule has 2 rings (SSSR count). The third-order valence-corrected chi connectivity index (χ3v) is 5.11. The fraction of sp³-hybridized carbons (Fsp3) is 0.588. The molecule has 1 saturated heterocycles. The molecule has 0 unspecified atom stereocenters. The highest BCUT2D eigenvalue weighted by Crippen LogP contribution is 2.28. The van der Waals surface area contributed by atoms with Crippen LogP contribution in [0.2, 0.25) is 0 Å². The van der Waals surface area contributed by atoms with Gasteiger partial charge in [-0.05, 0) is 57.7 Å². The summed E-state index contributed by atoms with van der Waals surface area (Å²) in [7, 11) is -3.98. The highest BCUT2D eigenvalue weighted by molar-refractivity contribution is 7.88. The fourth-order valence-electron chi connectivity index (χ4n) is 2.86. The van der Waals surface area contributed by atoms with Crippen molar-refractivity contribution in [2.24, 2.45) is 5.92 Å². The molecule has 0 spiro atoms. The van der Waals surface area contributed by atoms with Gasteiger partial charge in [0.15, 0.2) is 0 Å². The van der Waals surface area contributed by atoms with Crippen LogP contribution in [-0.4, -0.2) is 39.7 Å². The number of anilines is 2. The number of nitrogens with two attached hydrogens (primary N) is 1. The molecule has 4 N–H and O–H groups in total. The average Bonchev–Trinajstić information content (AvgIpc) is 2.51. The van der Waals surface area contributed by atoms with Crippen molar-refractivity contribution >= 4 is 27.7 Å². The Morgan fingerprint density at radius 2 is 1.96 bits per heavy atom. The Kier molecular flexibility index (Phi) is 6.53. The molecule has 1 heterocycles. The molecule has 10 heteroatoms. The van der Waals surface area contributed by atoms with Crippen molar-refractivity contribution < 1.29 is 22.3 Å². The number of hydrogen-bond acceptors (Lipinski definition) is 6. The van der Waals surface area contributed by atoms with E-state index in [9.17, 15) is 17.6 Å². The van der Waals surface area contributed by atoms with Gasteiger partial charge in [0, 0.05) is 19.6 Å². The molecule has 1 aromatic carbocycles. The van der Waals surface area contributed by atoms with Crippen molar-refractivity contribution in [3.63, 3.8) is 0 Å². The Morgan fingerprint density at radius 1 is 1.33 bits per heavy atom. The first kappa shape index (κ1) is 21.2. The maximum Gasteiger partial charge on any atom is 0.422 e. The molecule has 1 fully saturated rings. The second-order valence-corrected chi connectivity index (χ2v) is 9.09. The molecule has 0 atom stereocenters. The van der Waals surface area contributed by atoms with E-state index in [1.165, 1.54) is 12.1 Å². The van der Waals surface area contributed by atoms with E-state index in [0.29, 0.717) is 18.8 Å². The Bertz CT molecular complexity index is 772. The lowest BCUT2D eigenvalue weighted by Crippen LogP contribution is -2.45. The van der Waals surface area contributed by atoms with Gasteiger partial charge in [0.05, 0.1) is 11.4 Å². The molecule has 0 aromatic heterocycles. The highest BCUT2D eigenvalue weighted by Gasteiger charge is 2.24. The van der Waals surface area contributed by atoms with Gasteiger partial charge < -0.3 is 15.4 Å². The maximum absolute atomic E-state index is 13.2. The number of rotatable bonds is 5. The number of amides is 1. The van der Waals surface area contributed by atoms with Crippen LogP contribution in [0.4, 0.5) is 20.6 Å². The summed E-state index contributed by atoms with van der Waals surface area (Å²) in [5.41, 5.74) is 6.25. The van der Waals surface area contributed by atoms with E-state index in [-0.39, 0.29) is 18.3 Å². The smallest absolute Gasteiger partial charge is 0.422 e. The Balaban J connectivity index is 1.81. The van der Waals surface area contributed by atoms with E-state index < -0.39 is 21.9 Å². The first-order valence-corrected chi connectivity index (χ1v) is 10.2. The molecule has 0 radical (unpaired) electrons. The molecular weight excluding hydrogens is 375 g/mol. The Morgan fingerprint density at radius 3 is 2.52 bits per heavy atom. The summed E-state index contributed by atoms with van der Waals surface area (Å²) in [5.74, 6) is -0.254. The molecule has 152 valence electrons. The minimum absolute atomic E-state index is 0.123. The fourth-order valence-corrected chi connectivity index (χ4v) is 3.65. The van der Waals surface area contributed by atoms with Crippen molar-refractivity contribution in [1.29, 1.82) is 0 Å². The first-order valence-electron chi connectivity index (χ1n) is 8.75. The summed E-state index contributed by atoms with van der Waals surface area (Å²) in [5, 5.41) is 0. The zero-order valence-electron chi connectivity index (χ0n) is 15.8. The number of benzene rings is 1. The summed E-state index contributed by atoms with van der Waals surface area (Å²) in [4.78, 5) is 13.6. The number of halogens is 1. The zero-order valence-corrected chi connectivity index (χ0v) is 16.6. The number of nitrogens with zero attached hydrogens (tertiary/aromatic N) is 1. The Labute approximate surface area is 159 Å². The molecule has 8 nitrogen and oxygen atoms in total. The SMILES string of the molecule is CC(C)(C)OC(=O)NS(=O)(=O)NCC1CCN(c2ccc(F)cc2N)CC1. The molecule has 1 aromatic rings. The van der Waals surface area contributed by atoms with Crippen molar-refractivity contribution in [3.05, 3.63) is 24.0 Å². The van der Waals surface area contributed by atoms with E-state index in [0.717, 1.165) is 18.5 Å². The van der Waals surface area contributed by atoms with Crippen molar-refractivity contribution in [2.75, 3.05) is 30.3 Å². The van der Waals surface area contributed by atoms with Crippen LogP contribution in [0.25, 0.3) is 0 Å². The third-order valence-electron chi connectivity index (χ3n) is 4.12. The van der Waals surface area contributed by atoms with Gasteiger partial charge in [0.1, 0.15) is 11.4 Å². The quantitative estimate of drug-likeness (QED) is 0.649. The number of hydrogen-bond donors (Lipinski definition) is 3. The minimum Gasteiger partial charge on any atom is -0.443 e. The predicted molar refractivity (Wildman–Crippen MR) is 102 cm³/mol. The summed E-state index contributed by atoms with van der Waals surface area (Å²) < 4.78 is 46.2. The molecule has 0 aliphatic carbocycles. The van der Waals surface area contributed by atoms with E-state index in [1.54, 1.807) is 26.8 Å². The molecule has 1 aliphatic heterocycles.